The highest BCUT2D eigenvalue weighted by Gasteiger charge is 1.87. The summed E-state index contributed by atoms with van der Waals surface area (Å²) in [5, 5.41) is 0. The van der Waals surface area contributed by atoms with Crippen LogP contribution in [0.4, 0.5) is 4.39 Å². The summed E-state index contributed by atoms with van der Waals surface area (Å²) in [7, 11) is 0. The van der Waals surface area contributed by atoms with Crippen molar-refractivity contribution in [3.8, 4) is 0 Å². The first-order valence-corrected chi connectivity index (χ1v) is 2.63. The molecule has 0 radical (unpaired) electrons. The molecule has 0 aromatic carbocycles. The maximum Gasteiger partial charge on any atom is 0.0931 e. The van der Waals surface area contributed by atoms with Crippen LogP contribution in [-0.2, 0) is 0 Å². The van der Waals surface area contributed by atoms with Gasteiger partial charge in [0.05, 0.1) is 6.67 Å². The maximum atomic E-state index is 11.3. The molecule has 7 heavy (non-hydrogen) atoms. The molecule has 42 valence electrons. The van der Waals surface area contributed by atoms with Crippen LogP contribution in [-0.4, -0.2) is 12.6 Å². The Labute approximate surface area is 48.0 Å². The van der Waals surface area contributed by atoms with Crippen LogP contribution in [0.15, 0.2) is 12.2 Å². The molecule has 0 heterocycles. The summed E-state index contributed by atoms with van der Waals surface area (Å²) in [5.74, 6) is 0.379. The highest BCUT2D eigenvalue weighted by atomic mass is 35.5. The lowest BCUT2D eigenvalue weighted by atomic mass is 10.3. The molecule has 0 aromatic heterocycles. The van der Waals surface area contributed by atoms with E-state index in [1.54, 1.807) is 0 Å². The van der Waals surface area contributed by atoms with E-state index >= 15 is 0 Å². The molecule has 0 atom stereocenters. The summed E-state index contributed by atoms with van der Waals surface area (Å²) in [6, 6.07) is 0. The third-order valence-electron chi connectivity index (χ3n) is 0.637. The molecular formula is C5H8ClF. The van der Waals surface area contributed by atoms with Gasteiger partial charge in [-0.1, -0.05) is 12.2 Å². The minimum Gasteiger partial charge on any atom is -0.251 e. The van der Waals surface area contributed by atoms with E-state index in [0.29, 0.717) is 12.3 Å². The summed E-state index contributed by atoms with van der Waals surface area (Å²) in [5.41, 5.74) is 0.768. The van der Waals surface area contributed by atoms with Gasteiger partial charge in [-0.05, 0) is 6.42 Å². The van der Waals surface area contributed by atoms with E-state index in [1.807, 2.05) is 0 Å². The molecule has 0 aromatic rings. The van der Waals surface area contributed by atoms with Crippen molar-refractivity contribution in [2.24, 2.45) is 0 Å². The molecule has 0 aliphatic rings. The lowest BCUT2D eigenvalue weighted by Crippen LogP contribution is -1.82. The molecule has 0 rings (SSSR count). The van der Waals surface area contributed by atoms with Gasteiger partial charge in [0.2, 0.25) is 0 Å². The SMILES string of the molecule is C=C(CCl)CCF. The number of hydrogen-bond acceptors (Lipinski definition) is 0. The van der Waals surface area contributed by atoms with E-state index < -0.39 is 0 Å². The van der Waals surface area contributed by atoms with Crippen LogP contribution in [0.25, 0.3) is 0 Å². The summed E-state index contributed by atoms with van der Waals surface area (Å²) in [4.78, 5) is 0. The Balaban J connectivity index is 3.00. The Morgan fingerprint density at radius 3 is 2.43 bits per heavy atom. The van der Waals surface area contributed by atoms with E-state index in [-0.39, 0.29) is 6.67 Å². The van der Waals surface area contributed by atoms with Gasteiger partial charge in [0.1, 0.15) is 0 Å². The second kappa shape index (κ2) is 4.13. The van der Waals surface area contributed by atoms with Crippen molar-refractivity contribution in [3.63, 3.8) is 0 Å². The number of allylic oxidation sites excluding steroid dienone is 1. The Bertz CT molecular complexity index is 61.1. The Kier molecular flexibility index (Phi) is 4.10. The standard InChI is InChI=1S/C5H8ClF/c1-5(4-6)2-3-7/h1-4H2. The average molecular weight is 123 g/mol. The zero-order valence-corrected chi connectivity index (χ0v) is 4.84. The minimum atomic E-state index is -0.342. The van der Waals surface area contributed by atoms with Gasteiger partial charge in [0.25, 0.3) is 0 Å². The van der Waals surface area contributed by atoms with Crippen molar-refractivity contribution < 1.29 is 4.39 Å². The first-order chi connectivity index (χ1) is 3.31. The Morgan fingerprint density at radius 1 is 1.71 bits per heavy atom. The molecular weight excluding hydrogens is 115 g/mol. The summed E-state index contributed by atoms with van der Waals surface area (Å²) in [6.45, 7) is 3.15. The first-order valence-electron chi connectivity index (χ1n) is 2.10. The van der Waals surface area contributed by atoms with Crippen LogP contribution < -0.4 is 0 Å². The van der Waals surface area contributed by atoms with Crippen molar-refractivity contribution in [2.75, 3.05) is 12.6 Å². The van der Waals surface area contributed by atoms with Crippen molar-refractivity contribution in [3.05, 3.63) is 12.2 Å². The molecule has 0 N–H and O–H groups in total. The minimum absolute atomic E-state index is 0.342. The second-order valence-corrected chi connectivity index (χ2v) is 1.59. The molecule has 0 spiro atoms. The molecule has 0 saturated heterocycles. The smallest absolute Gasteiger partial charge is 0.0931 e. The lowest BCUT2D eigenvalue weighted by molar-refractivity contribution is 0.495. The molecule has 0 fully saturated rings. The molecule has 0 saturated carbocycles. The second-order valence-electron chi connectivity index (χ2n) is 1.32. The highest BCUT2D eigenvalue weighted by molar-refractivity contribution is 6.19. The summed E-state index contributed by atoms with van der Waals surface area (Å²) in [6.07, 6.45) is 0.406. The predicted molar refractivity (Wildman–Crippen MR) is 30.5 cm³/mol. The number of halogens is 2. The topological polar surface area (TPSA) is 0 Å². The van der Waals surface area contributed by atoms with Crippen LogP contribution in [0.5, 0.6) is 0 Å². The zero-order valence-electron chi connectivity index (χ0n) is 4.08. The fourth-order valence-electron chi connectivity index (χ4n) is 0.200. The van der Waals surface area contributed by atoms with Gasteiger partial charge in [-0.2, -0.15) is 0 Å². The summed E-state index contributed by atoms with van der Waals surface area (Å²) < 4.78 is 11.3. The van der Waals surface area contributed by atoms with E-state index in [0.717, 1.165) is 5.57 Å². The largest absolute Gasteiger partial charge is 0.251 e. The molecule has 2 heteroatoms. The third kappa shape index (κ3) is 3.80. The Hall–Kier alpha value is -0.0400. The fraction of sp³-hybridized carbons (Fsp3) is 0.600. The van der Waals surface area contributed by atoms with Crippen molar-refractivity contribution >= 4 is 11.6 Å². The van der Waals surface area contributed by atoms with E-state index in [4.69, 9.17) is 11.6 Å². The number of alkyl halides is 2. The molecule has 0 aliphatic carbocycles. The Morgan fingerprint density at radius 2 is 2.29 bits per heavy atom. The quantitative estimate of drug-likeness (QED) is 0.398. The maximum absolute atomic E-state index is 11.3. The van der Waals surface area contributed by atoms with Crippen molar-refractivity contribution in [1.82, 2.24) is 0 Å². The number of rotatable bonds is 3. The zero-order chi connectivity index (χ0) is 5.70. The molecule has 0 aliphatic heterocycles. The van der Waals surface area contributed by atoms with Gasteiger partial charge in [-0.15, -0.1) is 11.6 Å². The van der Waals surface area contributed by atoms with Crippen LogP contribution in [0, 0.1) is 0 Å². The molecule has 0 unspecified atom stereocenters. The van der Waals surface area contributed by atoms with Crippen LogP contribution in [0.2, 0.25) is 0 Å². The fourth-order valence-corrected chi connectivity index (χ4v) is 0.334. The van der Waals surface area contributed by atoms with Gasteiger partial charge >= 0.3 is 0 Å². The van der Waals surface area contributed by atoms with Gasteiger partial charge in [0.15, 0.2) is 0 Å². The van der Waals surface area contributed by atoms with Crippen LogP contribution >= 0.6 is 11.6 Å². The number of hydrogen-bond donors (Lipinski definition) is 0. The van der Waals surface area contributed by atoms with Gasteiger partial charge in [0, 0.05) is 5.88 Å². The molecule has 0 nitrogen and oxygen atoms in total. The molecule has 0 amide bonds. The highest BCUT2D eigenvalue weighted by Crippen LogP contribution is 1.98. The van der Waals surface area contributed by atoms with Crippen LogP contribution in [0.1, 0.15) is 6.42 Å². The average Bonchev–Trinajstić information content (AvgIpc) is 1.68. The normalized spacial score (nSPS) is 8.86. The van der Waals surface area contributed by atoms with E-state index in [9.17, 15) is 4.39 Å². The van der Waals surface area contributed by atoms with E-state index in [1.165, 1.54) is 0 Å². The molecule has 0 bridgehead atoms. The van der Waals surface area contributed by atoms with E-state index in [2.05, 4.69) is 6.58 Å². The predicted octanol–water partition coefficient (Wildman–Crippen LogP) is 2.14. The van der Waals surface area contributed by atoms with Gasteiger partial charge < -0.3 is 0 Å². The van der Waals surface area contributed by atoms with Crippen molar-refractivity contribution in [2.45, 2.75) is 6.42 Å². The summed E-state index contributed by atoms with van der Waals surface area (Å²) >= 11 is 5.26. The van der Waals surface area contributed by atoms with Gasteiger partial charge in [-0.25, -0.2) is 0 Å². The first kappa shape index (κ1) is 6.96. The van der Waals surface area contributed by atoms with Crippen LogP contribution in [0.3, 0.4) is 0 Å². The lowest BCUT2D eigenvalue weighted by Gasteiger charge is -1.90. The monoisotopic (exact) mass is 122 g/mol. The van der Waals surface area contributed by atoms with Crippen molar-refractivity contribution in [1.29, 1.82) is 0 Å². The third-order valence-corrected chi connectivity index (χ3v) is 1.01. The van der Waals surface area contributed by atoms with Gasteiger partial charge in [-0.3, -0.25) is 4.39 Å².